The topological polar surface area (TPSA) is 85.7 Å². The molecule has 1 aliphatic carbocycles. The van der Waals surface area contributed by atoms with Crippen LogP contribution in [0, 0.1) is 6.92 Å². The van der Waals surface area contributed by atoms with Gasteiger partial charge in [-0.05, 0) is 73.7 Å². The number of ether oxygens (including phenoxy) is 1. The van der Waals surface area contributed by atoms with Gasteiger partial charge in [-0.1, -0.05) is 17.3 Å². The molecule has 1 aromatic heterocycles. The molecule has 0 radical (unpaired) electrons. The minimum absolute atomic E-state index is 0.0674. The van der Waals surface area contributed by atoms with Crippen molar-refractivity contribution >= 4 is 17.6 Å². The number of hydrogen-bond acceptors (Lipinski definition) is 6. The maximum atomic E-state index is 12.7. The first-order valence-corrected chi connectivity index (χ1v) is 11.0. The molecule has 7 nitrogen and oxygen atoms in total. The first-order chi connectivity index (χ1) is 16.8. The molecule has 0 spiro atoms. The molecular formula is C25H23F3N4O3. The number of anilines is 1. The van der Waals surface area contributed by atoms with Gasteiger partial charge < -0.3 is 9.57 Å². The van der Waals surface area contributed by atoms with E-state index in [9.17, 15) is 18.0 Å². The van der Waals surface area contributed by atoms with Crippen LogP contribution in [0.2, 0.25) is 0 Å². The number of benzene rings is 2. The second-order valence-corrected chi connectivity index (χ2v) is 8.04. The Bertz CT molecular complexity index is 1230. The average Bonchev–Trinajstić information content (AvgIpc) is 2.82. The third-order valence-electron chi connectivity index (χ3n) is 5.35. The van der Waals surface area contributed by atoms with Crippen LogP contribution in [0.25, 0.3) is 0 Å². The number of halogens is 3. The van der Waals surface area contributed by atoms with E-state index in [1.807, 2.05) is 12.1 Å². The van der Waals surface area contributed by atoms with E-state index in [-0.39, 0.29) is 25.1 Å². The van der Waals surface area contributed by atoms with Crippen molar-refractivity contribution in [1.29, 1.82) is 0 Å². The van der Waals surface area contributed by atoms with Gasteiger partial charge in [-0.3, -0.25) is 10.1 Å². The number of carbonyl (C=O) groups excluding carboxylic acids is 1. The lowest BCUT2D eigenvalue weighted by atomic mass is 9.90. The first kappa shape index (κ1) is 24.2. The Morgan fingerprint density at radius 1 is 1.11 bits per heavy atom. The van der Waals surface area contributed by atoms with Crippen molar-refractivity contribution < 1.29 is 27.5 Å². The summed E-state index contributed by atoms with van der Waals surface area (Å²) in [4.78, 5) is 25.7. The average molecular weight is 484 g/mol. The molecule has 4 rings (SSSR count). The molecule has 182 valence electrons. The number of hydrogen-bond donors (Lipinski definition) is 1. The number of oxime groups is 1. The van der Waals surface area contributed by atoms with Crippen molar-refractivity contribution in [3.63, 3.8) is 0 Å². The third kappa shape index (κ3) is 6.56. The summed E-state index contributed by atoms with van der Waals surface area (Å²) in [7, 11) is 0. The zero-order valence-electron chi connectivity index (χ0n) is 18.9. The monoisotopic (exact) mass is 484 g/mol. The van der Waals surface area contributed by atoms with Crippen molar-refractivity contribution in [2.75, 3.05) is 11.9 Å². The molecule has 0 aliphatic heterocycles. The van der Waals surface area contributed by atoms with Gasteiger partial charge in [0.25, 0.3) is 5.91 Å². The SMILES string of the molecule is Cc1ccnc(NC(=O)COc2ccc3c(c2)CCC/C3=N\OCc2ccc(C(F)(F)F)cc2)n1. The lowest BCUT2D eigenvalue weighted by Gasteiger charge is -2.18. The van der Waals surface area contributed by atoms with E-state index >= 15 is 0 Å². The van der Waals surface area contributed by atoms with Crippen LogP contribution < -0.4 is 10.1 Å². The van der Waals surface area contributed by atoms with Crippen molar-refractivity contribution in [3.8, 4) is 5.75 Å². The molecule has 0 unspecified atom stereocenters. The molecule has 2 aromatic carbocycles. The van der Waals surface area contributed by atoms with Crippen LogP contribution >= 0.6 is 0 Å². The molecule has 35 heavy (non-hydrogen) atoms. The van der Waals surface area contributed by atoms with Crippen LogP contribution in [0.5, 0.6) is 5.75 Å². The number of alkyl halides is 3. The van der Waals surface area contributed by atoms with Gasteiger partial charge in [0.2, 0.25) is 5.95 Å². The van der Waals surface area contributed by atoms with Gasteiger partial charge >= 0.3 is 6.18 Å². The van der Waals surface area contributed by atoms with E-state index in [1.54, 1.807) is 25.3 Å². The molecule has 1 N–H and O–H groups in total. The van der Waals surface area contributed by atoms with E-state index in [0.717, 1.165) is 53.9 Å². The summed E-state index contributed by atoms with van der Waals surface area (Å²) in [5.41, 5.74) is 3.34. The molecule has 0 saturated heterocycles. The number of aryl methyl sites for hydroxylation is 2. The zero-order chi connectivity index (χ0) is 24.8. The first-order valence-electron chi connectivity index (χ1n) is 11.0. The van der Waals surface area contributed by atoms with Crippen molar-refractivity contribution in [2.45, 2.75) is 39.0 Å². The molecular weight excluding hydrogens is 461 g/mol. The molecule has 1 aliphatic rings. The molecule has 10 heteroatoms. The fourth-order valence-electron chi connectivity index (χ4n) is 3.62. The Labute approximate surface area is 200 Å². The van der Waals surface area contributed by atoms with E-state index in [1.165, 1.54) is 12.1 Å². The van der Waals surface area contributed by atoms with Crippen LogP contribution in [0.3, 0.4) is 0 Å². The lowest BCUT2D eigenvalue weighted by Crippen LogP contribution is -2.21. The van der Waals surface area contributed by atoms with Crippen molar-refractivity contribution in [3.05, 3.63) is 82.7 Å². The summed E-state index contributed by atoms with van der Waals surface area (Å²) in [5.74, 6) is 0.407. The zero-order valence-corrected chi connectivity index (χ0v) is 18.9. The normalized spacial score (nSPS) is 14.3. The van der Waals surface area contributed by atoms with Crippen LogP contribution in [-0.2, 0) is 28.8 Å². The Morgan fingerprint density at radius 3 is 2.66 bits per heavy atom. The Morgan fingerprint density at radius 2 is 1.91 bits per heavy atom. The summed E-state index contributed by atoms with van der Waals surface area (Å²) in [6.07, 6.45) is -0.390. The third-order valence-corrected chi connectivity index (χ3v) is 5.35. The smallest absolute Gasteiger partial charge is 0.416 e. The summed E-state index contributed by atoms with van der Waals surface area (Å²) in [5, 5.41) is 6.82. The Hall–Kier alpha value is -3.95. The minimum Gasteiger partial charge on any atom is -0.484 e. The van der Waals surface area contributed by atoms with Crippen molar-refractivity contribution in [2.24, 2.45) is 5.16 Å². The summed E-state index contributed by atoms with van der Waals surface area (Å²) < 4.78 is 43.7. The highest BCUT2D eigenvalue weighted by Gasteiger charge is 2.29. The largest absolute Gasteiger partial charge is 0.484 e. The van der Waals surface area contributed by atoms with E-state index in [2.05, 4.69) is 20.4 Å². The molecule has 0 bridgehead atoms. The summed E-state index contributed by atoms with van der Waals surface area (Å²) in [6, 6.07) is 12.0. The summed E-state index contributed by atoms with van der Waals surface area (Å²) >= 11 is 0. The predicted octanol–water partition coefficient (Wildman–Crippen LogP) is 5.08. The Kier molecular flexibility index (Phi) is 7.28. The summed E-state index contributed by atoms with van der Waals surface area (Å²) in [6.45, 7) is 1.68. The number of nitrogens with one attached hydrogen (secondary N) is 1. The van der Waals surface area contributed by atoms with Crippen LogP contribution in [-0.4, -0.2) is 28.2 Å². The van der Waals surface area contributed by atoms with Crippen LogP contribution in [0.1, 0.15) is 40.8 Å². The van der Waals surface area contributed by atoms with Gasteiger partial charge in [0.15, 0.2) is 6.61 Å². The Balaban J connectivity index is 1.33. The van der Waals surface area contributed by atoms with E-state index in [0.29, 0.717) is 11.3 Å². The quantitative estimate of drug-likeness (QED) is 0.473. The highest BCUT2D eigenvalue weighted by molar-refractivity contribution is 6.02. The highest BCUT2D eigenvalue weighted by atomic mass is 19.4. The number of rotatable bonds is 7. The van der Waals surface area contributed by atoms with Gasteiger partial charge in [-0.25, -0.2) is 9.97 Å². The predicted molar refractivity (Wildman–Crippen MR) is 123 cm³/mol. The molecule has 0 fully saturated rings. The minimum atomic E-state index is -4.37. The molecule has 0 atom stereocenters. The number of fused-ring (bicyclic) bond motifs is 1. The fraction of sp³-hybridized carbons (Fsp3) is 0.280. The second kappa shape index (κ2) is 10.5. The molecule has 3 aromatic rings. The van der Waals surface area contributed by atoms with E-state index in [4.69, 9.17) is 9.57 Å². The van der Waals surface area contributed by atoms with Crippen LogP contribution in [0.4, 0.5) is 19.1 Å². The van der Waals surface area contributed by atoms with Crippen LogP contribution in [0.15, 0.2) is 59.9 Å². The molecule has 0 saturated carbocycles. The van der Waals surface area contributed by atoms with Crippen molar-refractivity contribution in [1.82, 2.24) is 9.97 Å². The molecule has 1 amide bonds. The van der Waals surface area contributed by atoms with Gasteiger partial charge in [0, 0.05) is 17.5 Å². The number of amides is 1. The van der Waals surface area contributed by atoms with Gasteiger partial charge in [-0.2, -0.15) is 13.2 Å². The van der Waals surface area contributed by atoms with Gasteiger partial charge in [0.05, 0.1) is 11.3 Å². The number of nitrogens with zero attached hydrogens (tertiary/aromatic N) is 3. The number of aromatic nitrogens is 2. The maximum absolute atomic E-state index is 12.7. The van der Waals surface area contributed by atoms with E-state index < -0.39 is 11.7 Å². The maximum Gasteiger partial charge on any atom is 0.416 e. The number of carbonyl (C=O) groups is 1. The standard InChI is InChI=1S/C25H23F3N4O3/c1-16-11-12-29-24(30-16)31-23(33)15-34-20-9-10-21-18(13-20)3-2-4-22(21)32-35-14-17-5-7-19(8-6-17)25(26,27)28/h5-13H,2-4,14-15H2,1H3,(H,29,30,31,33)/b32-22+. The van der Waals surface area contributed by atoms with Gasteiger partial charge in [-0.15, -0.1) is 0 Å². The molecule has 1 heterocycles. The second-order valence-electron chi connectivity index (χ2n) is 8.04. The lowest BCUT2D eigenvalue weighted by molar-refractivity contribution is -0.137. The van der Waals surface area contributed by atoms with Gasteiger partial charge in [0.1, 0.15) is 12.4 Å². The fourth-order valence-corrected chi connectivity index (χ4v) is 3.62. The highest BCUT2D eigenvalue weighted by Crippen LogP contribution is 2.29.